The van der Waals surface area contributed by atoms with E-state index >= 15 is 0 Å². The monoisotopic (exact) mass is 1090 g/mol. The highest BCUT2D eigenvalue weighted by atomic mass is 79.9. The fraction of sp³-hybridized carbons (Fsp3) is 0.875. The molecule has 17 heteroatoms. The van der Waals surface area contributed by atoms with E-state index in [1.807, 2.05) is 0 Å². The second-order valence-corrected chi connectivity index (χ2v) is 14.0. The molecule has 1 aliphatic carbocycles. The van der Waals surface area contributed by atoms with Gasteiger partial charge < -0.3 is 56.1 Å². The van der Waals surface area contributed by atoms with Crippen molar-refractivity contribution < 1.29 is 33.2 Å². The third kappa shape index (κ3) is 71.7. The average molecular weight is 1100 g/mol. The second kappa shape index (κ2) is 64.6. The Kier molecular flexibility index (Phi) is 78.9. The molecule has 11 nitrogen and oxygen atoms in total. The number of hydrogen-bond acceptors (Lipinski definition) is 11. The summed E-state index contributed by atoms with van der Waals surface area (Å²) >= 11 is 19.4. The first-order valence-electron chi connectivity index (χ1n) is 16.4. The highest BCUT2D eigenvalue weighted by Crippen LogP contribution is 2.29. The Morgan fingerprint density at radius 2 is 0.673 bits per heavy atom. The standard InChI is InChI=1S/C12H20O2.C6H12Br2O2.C6H16N2O2.C4H8Br2O.C2H4Br2.C2H8N2/c1-3-13-9-11-5-7-12(8-6-11)10-14-4-2;2*7-1-3-9-5-6-10-4-2-8;5-1-3-7-4-2-6;2*3-1-2-4/h3-4,11-12H,1-2,5-10H2;1-6H2;1-8H2;1-4H2;1-2H2;1-4H2. The first kappa shape index (κ1) is 59.9. The van der Waals surface area contributed by atoms with Gasteiger partial charge in [0, 0.05) is 58.2 Å². The molecule has 0 aromatic rings. The zero-order chi connectivity index (χ0) is 37.9. The van der Waals surface area contributed by atoms with Gasteiger partial charge in [-0.15, -0.1) is 0 Å². The Hall–Kier alpha value is 1.60. The van der Waals surface area contributed by atoms with Gasteiger partial charge in [0.15, 0.2) is 0 Å². The number of ether oxygens (including phenoxy) is 7. The summed E-state index contributed by atoms with van der Waals surface area (Å²) < 4.78 is 35.8. The lowest BCUT2D eigenvalue weighted by atomic mass is 9.83. The van der Waals surface area contributed by atoms with Crippen molar-refractivity contribution in [2.24, 2.45) is 34.8 Å². The average Bonchev–Trinajstić information content (AvgIpc) is 3.14. The second-order valence-electron chi connectivity index (χ2n) is 9.24. The Morgan fingerprint density at radius 3 is 0.878 bits per heavy atom. The van der Waals surface area contributed by atoms with Crippen LogP contribution in [0, 0.1) is 11.8 Å². The zero-order valence-corrected chi connectivity index (χ0v) is 39.1. The SMILES string of the molecule is BrCCBr.BrCCOCCBr.BrCCOCCOCCBr.C=COCC1CCC(COC=C)CC1.NCCN.NCCOCCOCCN. The molecule has 0 aliphatic heterocycles. The lowest BCUT2D eigenvalue weighted by Gasteiger charge is -2.27. The zero-order valence-electron chi connectivity index (χ0n) is 29.5. The van der Waals surface area contributed by atoms with E-state index in [4.69, 9.17) is 56.1 Å². The van der Waals surface area contributed by atoms with Gasteiger partial charge in [0.1, 0.15) is 0 Å². The van der Waals surface area contributed by atoms with Crippen LogP contribution in [0.1, 0.15) is 25.7 Å². The van der Waals surface area contributed by atoms with Crippen LogP contribution < -0.4 is 22.9 Å². The fourth-order valence-corrected chi connectivity index (χ4v) is 4.02. The molecule has 0 bridgehead atoms. The van der Waals surface area contributed by atoms with Crippen molar-refractivity contribution in [2.75, 3.05) is 137 Å². The first-order chi connectivity index (χ1) is 23.9. The summed E-state index contributed by atoms with van der Waals surface area (Å²) in [6.07, 6.45) is 8.07. The molecular formula is C32H68Br6N4O7. The molecular weight excluding hydrogens is 1030 g/mol. The maximum absolute atomic E-state index is 5.21. The van der Waals surface area contributed by atoms with Crippen LogP contribution in [-0.2, 0) is 33.2 Å². The van der Waals surface area contributed by atoms with Crippen LogP contribution in [0.5, 0.6) is 0 Å². The highest BCUT2D eigenvalue weighted by molar-refractivity contribution is 9.12. The molecule has 1 saturated carbocycles. The molecule has 0 amide bonds. The third-order valence-corrected chi connectivity index (χ3v) is 8.41. The molecule has 0 aromatic heterocycles. The molecule has 0 heterocycles. The van der Waals surface area contributed by atoms with Gasteiger partial charge in [0.05, 0.1) is 91.8 Å². The van der Waals surface area contributed by atoms with E-state index in [-0.39, 0.29) is 0 Å². The number of rotatable bonds is 26. The molecule has 49 heavy (non-hydrogen) atoms. The molecule has 0 radical (unpaired) electrons. The molecule has 0 saturated heterocycles. The van der Waals surface area contributed by atoms with Crippen molar-refractivity contribution in [1.29, 1.82) is 0 Å². The van der Waals surface area contributed by atoms with Gasteiger partial charge in [-0.2, -0.15) is 0 Å². The van der Waals surface area contributed by atoms with Gasteiger partial charge in [-0.1, -0.05) is 109 Å². The Labute approximate surface area is 349 Å². The normalized spacial score (nSPS) is 14.3. The minimum absolute atomic E-state index is 0.566. The molecule has 1 fully saturated rings. The number of alkyl halides is 6. The molecule has 0 aromatic carbocycles. The van der Waals surface area contributed by atoms with Crippen LogP contribution in [0.4, 0.5) is 0 Å². The summed E-state index contributed by atoms with van der Waals surface area (Å²) in [6.45, 7) is 18.0. The number of nitrogens with two attached hydrogens (primary N) is 4. The van der Waals surface area contributed by atoms with Crippen molar-refractivity contribution in [2.45, 2.75) is 25.7 Å². The van der Waals surface area contributed by atoms with Crippen LogP contribution in [0.25, 0.3) is 0 Å². The van der Waals surface area contributed by atoms with Crippen molar-refractivity contribution in [1.82, 2.24) is 0 Å². The fourth-order valence-electron chi connectivity index (χ4n) is 3.10. The van der Waals surface area contributed by atoms with Crippen LogP contribution >= 0.6 is 95.6 Å². The quantitative estimate of drug-likeness (QED) is 0.0434. The molecule has 0 unspecified atom stereocenters. The summed E-state index contributed by atoms with van der Waals surface area (Å²) in [7, 11) is 0. The smallest absolute Gasteiger partial charge is 0.0901 e. The van der Waals surface area contributed by atoms with E-state index in [1.165, 1.54) is 38.2 Å². The van der Waals surface area contributed by atoms with E-state index in [0.29, 0.717) is 77.7 Å². The van der Waals surface area contributed by atoms with Crippen LogP contribution in [0.2, 0.25) is 0 Å². The maximum atomic E-state index is 5.21. The van der Waals surface area contributed by atoms with Crippen LogP contribution in [0.3, 0.4) is 0 Å². The third-order valence-electron chi connectivity index (χ3n) is 5.26. The lowest BCUT2D eigenvalue weighted by molar-refractivity contribution is 0.0538. The predicted octanol–water partition coefficient (Wildman–Crippen LogP) is 6.33. The summed E-state index contributed by atoms with van der Waals surface area (Å²) in [5.41, 5.74) is 20.2. The molecule has 0 atom stereocenters. The van der Waals surface area contributed by atoms with Gasteiger partial charge in [-0.05, 0) is 37.5 Å². The topological polar surface area (TPSA) is 169 Å². The van der Waals surface area contributed by atoms with Gasteiger partial charge >= 0.3 is 0 Å². The highest BCUT2D eigenvalue weighted by Gasteiger charge is 2.21. The molecule has 8 N–H and O–H groups in total. The van der Waals surface area contributed by atoms with E-state index in [2.05, 4.69) is 109 Å². The summed E-state index contributed by atoms with van der Waals surface area (Å²) in [4.78, 5) is 0. The predicted molar refractivity (Wildman–Crippen MR) is 231 cm³/mol. The van der Waals surface area contributed by atoms with Crippen molar-refractivity contribution in [3.63, 3.8) is 0 Å². The summed E-state index contributed by atoms with van der Waals surface area (Å²) in [5, 5.41) is 5.75. The van der Waals surface area contributed by atoms with Crippen molar-refractivity contribution >= 4 is 95.6 Å². The maximum Gasteiger partial charge on any atom is 0.0901 e. The van der Waals surface area contributed by atoms with E-state index < -0.39 is 0 Å². The number of hydrogen-bond donors (Lipinski definition) is 4. The molecule has 300 valence electrons. The lowest BCUT2D eigenvalue weighted by Crippen LogP contribution is -2.20. The molecule has 0 spiro atoms. The molecule has 1 aliphatic rings. The van der Waals surface area contributed by atoms with Crippen molar-refractivity contribution in [3.05, 3.63) is 25.7 Å². The van der Waals surface area contributed by atoms with Gasteiger partial charge in [-0.3, -0.25) is 0 Å². The van der Waals surface area contributed by atoms with Gasteiger partial charge in [0.2, 0.25) is 0 Å². The van der Waals surface area contributed by atoms with Gasteiger partial charge in [-0.25, -0.2) is 0 Å². The minimum atomic E-state index is 0.566. The summed E-state index contributed by atoms with van der Waals surface area (Å²) in [6, 6.07) is 0. The Bertz CT molecular complexity index is 490. The van der Waals surface area contributed by atoms with E-state index in [9.17, 15) is 0 Å². The first-order valence-corrected chi connectivity index (χ1v) is 23.2. The number of halogens is 6. The summed E-state index contributed by atoms with van der Waals surface area (Å²) in [5.74, 6) is 1.43. The largest absolute Gasteiger partial charge is 0.502 e. The van der Waals surface area contributed by atoms with Crippen LogP contribution in [0.15, 0.2) is 25.7 Å². The van der Waals surface area contributed by atoms with Crippen LogP contribution in [-0.4, -0.2) is 137 Å². The van der Waals surface area contributed by atoms with Crippen molar-refractivity contribution in [3.8, 4) is 0 Å². The Balaban J connectivity index is -0.000000167. The van der Waals surface area contributed by atoms with E-state index in [0.717, 1.165) is 71.6 Å². The minimum Gasteiger partial charge on any atom is -0.502 e. The Morgan fingerprint density at radius 1 is 0.408 bits per heavy atom. The van der Waals surface area contributed by atoms with E-state index in [1.54, 1.807) is 0 Å². The van der Waals surface area contributed by atoms with Gasteiger partial charge in [0.25, 0.3) is 0 Å². The molecule has 1 rings (SSSR count).